The maximum atomic E-state index is 5.44. The molecule has 1 fully saturated rings. The Balaban J connectivity index is 1.99. The van der Waals surface area contributed by atoms with Crippen molar-refractivity contribution in [3.05, 3.63) is 0 Å². The van der Waals surface area contributed by atoms with Gasteiger partial charge in [-0.05, 0) is 32.9 Å². The Kier molecular flexibility index (Phi) is 5.37. The molecular formula is C10H21N3S. The molecule has 0 aromatic carbocycles. The molecule has 2 N–H and O–H groups in total. The second-order valence-corrected chi connectivity index (χ2v) is 4.59. The lowest BCUT2D eigenvalue weighted by Gasteiger charge is -2.32. The van der Waals surface area contributed by atoms with Gasteiger partial charge in [-0.25, -0.2) is 0 Å². The molecule has 1 saturated heterocycles. The summed E-state index contributed by atoms with van der Waals surface area (Å²) in [6, 6.07) is 0. The van der Waals surface area contributed by atoms with Crippen molar-refractivity contribution in [3.63, 3.8) is 0 Å². The number of rotatable bonds is 5. The maximum Gasteiger partial charge on any atom is 0.0727 e. The van der Waals surface area contributed by atoms with Crippen LogP contribution >= 0.6 is 12.2 Å². The second-order valence-electron chi connectivity index (χ2n) is 4.07. The van der Waals surface area contributed by atoms with E-state index < -0.39 is 0 Å². The van der Waals surface area contributed by atoms with E-state index in [9.17, 15) is 0 Å². The van der Waals surface area contributed by atoms with E-state index in [-0.39, 0.29) is 0 Å². The third-order valence-electron chi connectivity index (χ3n) is 2.74. The fraction of sp³-hybridized carbons (Fsp3) is 0.900. The van der Waals surface area contributed by atoms with Gasteiger partial charge in [0.15, 0.2) is 0 Å². The summed E-state index contributed by atoms with van der Waals surface area (Å²) in [5, 5.41) is 0. The highest BCUT2D eigenvalue weighted by atomic mass is 32.1. The van der Waals surface area contributed by atoms with Crippen molar-refractivity contribution in [3.8, 4) is 0 Å². The van der Waals surface area contributed by atoms with Crippen LogP contribution in [-0.4, -0.2) is 54.6 Å². The quantitative estimate of drug-likeness (QED) is 0.540. The van der Waals surface area contributed by atoms with Crippen LogP contribution in [0, 0.1) is 0 Å². The normalized spacial score (nSPS) is 19.8. The molecule has 4 heteroatoms. The van der Waals surface area contributed by atoms with Gasteiger partial charge >= 0.3 is 0 Å². The lowest BCUT2D eigenvalue weighted by molar-refractivity contribution is 0.152. The van der Waals surface area contributed by atoms with Crippen LogP contribution < -0.4 is 5.73 Å². The summed E-state index contributed by atoms with van der Waals surface area (Å²) in [7, 11) is 2.18. The van der Waals surface area contributed by atoms with Crippen LogP contribution in [0.4, 0.5) is 0 Å². The standard InChI is InChI=1S/C10H21N3S/c1-12-6-8-13(9-7-12)5-3-2-4-10(11)14/h2-9H2,1H3,(H2,11,14). The predicted molar refractivity (Wildman–Crippen MR) is 64.6 cm³/mol. The molecular weight excluding hydrogens is 194 g/mol. The Morgan fingerprint density at radius 1 is 1.21 bits per heavy atom. The van der Waals surface area contributed by atoms with Gasteiger partial charge in [0.05, 0.1) is 4.99 Å². The lowest BCUT2D eigenvalue weighted by Crippen LogP contribution is -2.44. The molecule has 1 aliphatic rings. The fourth-order valence-electron chi connectivity index (χ4n) is 1.71. The molecule has 0 bridgehead atoms. The van der Waals surface area contributed by atoms with E-state index >= 15 is 0 Å². The monoisotopic (exact) mass is 215 g/mol. The Bertz CT molecular complexity index is 176. The fourth-order valence-corrected chi connectivity index (χ4v) is 1.85. The summed E-state index contributed by atoms with van der Waals surface area (Å²) >= 11 is 4.84. The zero-order valence-electron chi connectivity index (χ0n) is 9.04. The van der Waals surface area contributed by atoms with E-state index in [0.717, 1.165) is 12.8 Å². The molecule has 0 aromatic rings. The number of thiocarbonyl (C=S) groups is 1. The SMILES string of the molecule is CN1CCN(CCCCC(N)=S)CC1. The van der Waals surface area contributed by atoms with Crippen LogP contribution in [0.15, 0.2) is 0 Å². The van der Waals surface area contributed by atoms with E-state index in [2.05, 4.69) is 16.8 Å². The van der Waals surface area contributed by atoms with E-state index in [1.54, 1.807) is 0 Å². The number of hydrogen-bond donors (Lipinski definition) is 1. The van der Waals surface area contributed by atoms with Crippen LogP contribution in [-0.2, 0) is 0 Å². The first kappa shape index (κ1) is 11.9. The Labute approximate surface area is 92.2 Å². The van der Waals surface area contributed by atoms with Gasteiger partial charge in [-0.1, -0.05) is 12.2 Å². The molecule has 1 rings (SSSR count). The van der Waals surface area contributed by atoms with Crippen LogP contribution in [0.5, 0.6) is 0 Å². The van der Waals surface area contributed by atoms with Crippen molar-refractivity contribution in [2.24, 2.45) is 5.73 Å². The highest BCUT2D eigenvalue weighted by Gasteiger charge is 2.12. The van der Waals surface area contributed by atoms with Crippen molar-refractivity contribution in [1.82, 2.24) is 9.80 Å². The number of hydrogen-bond acceptors (Lipinski definition) is 3. The Hall–Kier alpha value is -0.190. The first-order chi connectivity index (χ1) is 6.68. The number of nitrogens with two attached hydrogens (primary N) is 1. The van der Waals surface area contributed by atoms with Gasteiger partial charge in [0.1, 0.15) is 0 Å². The van der Waals surface area contributed by atoms with Gasteiger partial charge in [0, 0.05) is 26.2 Å². The maximum absolute atomic E-state index is 5.44. The Morgan fingerprint density at radius 3 is 2.43 bits per heavy atom. The molecule has 0 radical (unpaired) electrons. The smallest absolute Gasteiger partial charge is 0.0727 e. The van der Waals surface area contributed by atoms with Crippen LogP contribution in [0.2, 0.25) is 0 Å². The van der Waals surface area contributed by atoms with Crippen molar-refractivity contribution < 1.29 is 0 Å². The molecule has 82 valence electrons. The Morgan fingerprint density at radius 2 is 1.86 bits per heavy atom. The number of piperazine rings is 1. The van der Waals surface area contributed by atoms with Crippen molar-refractivity contribution >= 4 is 17.2 Å². The summed E-state index contributed by atoms with van der Waals surface area (Å²) in [6.07, 6.45) is 3.27. The second kappa shape index (κ2) is 6.32. The summed E-state index contributed by atoms with van der Waals surface area (Å²) in [6.45, 7) is 6.04. The summed E-state index contributed by atoms with van der Waals surface area (Å²) in [4.78, 5) is 5.56. The molecule has 1 aliphatic heterocycles. The van der Waals surface area contributed by atoms with Crippen molar-refractivity contribution in [2.75, 3.05) is 39.8 Å². The third-order valence-corrected chi connectivity index (χ3v) is 2.95. The number of nitrogens with zero attached hydrogens (tertiary/aromatic N) is 2. The highest BCUT2D eigenvalue weighted by Crippen LogP contribution is 2.03. The van der Waals surface area contributed by atoms with Gasteiger partial charge in [-0.3, -0.25) is 0 Å². The summed E-state index contributed by atoms with van der Waals surface area (Å²) in [5.74, 6) is 0. The molecule has 0 spiro atoms. The zero-order valence-corrected chi connectivity index (χ0v) is 9.85. The van der Waals surface area contributed by atoms with E-state index in [1.807, 2.05) is 0 Å². The van der Waals surface area contributed by atoms with Gasteiger partial charge in [-0.2, -0.15) is 0 Å². The van der Waals surface area contributed by atoms with E-state index in [0.29, 0.717) is 4.99 Å². The van der Waals surface area contributed by atoms with Crippen LogP contribution in [0.3, 0.4) is 0 Å². The minimum Gasteiger partial charge on any atom is -0.393 e. The van der Waals surface area contributed by atoms with Gasteiger partial charge in [0.25, 0.3) is 0 Å². The van der Waals surface area contributed by atoms with E-state index in [4.69, 9.17) is 18.0 Å². The van der Waals surface area contributed by atoms with E-state index in [1.165, 1.54) is 39.1 Å². The largest absolute Gasteiger partial charge is 0.393 e. The average molecular weight is 215 g/mol. The lowest BCUT2D eigenvalue weighted by atomic mass is 10.2. The van der Waals surface area contributed by atoms with Crippen LogP contribution in [0.1, 0.15) is 19.3 Å². The number of likely N-dealkylation sites (N-methyl/N-ethyl adjacent to an activating group) is 1. The molecule has 3 nitrogen and oxygen atoms in total. The molecule has 0 atom stereocenters. The summed E-state index contributed by atoms with van der Waals surface area (Å²) < 4.78 is 0. The molecule has 0 aromatic heterocycles. The average Bonchev–Trinajstić information content (AvgIpc) is 2.15. The summed E-state index contributed by atoms with van der Waals surface area (Å²) in [5.41, 5.74) is 5.44. The van der Waals surface area contributed by atoms with Crippen molar-refractivity contribution in [2.45, 2.75) is 19.3 Å². The van der Waals surface area contributed by atoms with Gasteiger partial charge < -0.3 is 15.5 Å². The molecule has 14 heavy (non-hydrogen) atoms. The van der Waals surface area contributed by atoms with Gasteiger partial charge in [0.2, 0.25) is 0 Å². The van der Waals surface area contributed by atoms with Crippen LogP contribution in [0.25, 0.3) is 0 Å². The first-order valence-corrected chi connectivity index (χ1v) is 5.78. The molecule has 1 heterocycles. The number of unbranched alkanes of at least 4 members (excludes halogenated alkanes) is 1. The van der Waals surface area contributed by atoms with Crippen molar-refractivity contribution in [1.29, 1.82) is 0 Å². The molecule has 0 amide bonds. The minimum atomic E-state index is 0.656. The molecule has 0 aliphatic carbocycles. The zero-order chi connectivity index (χ0) is 10.4. The van der Waals surface area contributed by atoms with Gasteiger partial charge in [-0.15, -0.1) is 0 Å². The minimum absolute atomic E-state index is 0.656. The highest BCUT2D eigenvalue weighted by molar-refractivity contribution is 7.80. The predicted octanol–water partition coefficient (Wildman–Crippen LogP) is 0.690. The topological polar surface area (TPSA) is 32.5 Å². The first-order valence-electron chi connectivity index (χ1n) is 5.37. The third kappa shape index (κ3) is 4.88. The molecule has 0 unspecified atom stereocenters. The molecule has 0 saturated carbocycles.